The van der Waals surface area contributed by atoms with Crippen molar-refractivity contribution in [3.63, 3.8) is 0 Å². The first-order valence-corrected chi connectivity index (χ1v) is 17.6. The van der Waals surface area contributed by atoms with Crippen LogP contribution in [0.3, 0.4) is 0 Å². The number of amides is 3. The van der Waals surface area contributed by atoms with Crippen molar-refractivity contribution in [2.75, 3.05) is 37.0 Å². The standard InChI is InChI=1S/C38H47N9O4/c1-22(2)34(45-38(50)51-6)37(49)46-17-7-8-32(46)35-41-20-31(43-35)27-11-9-26(10-12-27)30-15-14-29(25(5)42-30)44-36(48)28-13-16-33(40-19-28)47-21-23(3)39-18-24(47)4/h9-16,19-20,22-24,32,34,39H,7-8,17-18,21H2,1-6H3,(H,41,43)(H,44,48)(H,45,50)/t23?,24-,32-,34?/m0/s1. The Kier molecular flexibility index (Phi) is 10.7. The molecule has 0 spiro atoms. The molecule has 3 aromatic heterocycles. The van der Waals surface area contributed by atoms with Crippen LogP contribution in [-0.2, 0) is 9.53 Å². The molecule has 13 nitrogen and oxygen atoms in total. The first-order valence-electron chi connectivity index (χ1n) is 17.6. The van der Waals surface area contributed by atoms with Crippen LogP contribution in [0.2, 0.25) is 0 Å². The van der Waals surface area contributed by atoms with E-state index >= 15 is 0 Å². The summed E-state index contributed by atoms with van der Waals surface area (Å²) in [5.41, 5.74) is 5.33. The van der Waals surface area contributed by atoms with Gasteiger partial charge >= 0.3 is 6.09 Å². The quantitative estimate of drug-likeness (QED) is 0.182. The fourth-order valence-electron chi connectivity index (χ4n) is 6.75. The fraction of sp³-hybridized carbons (Fsp3) is 0.421. The number of aromatic amines is 1. The predicted molar refractivity (Wildman–Crippen MR) is 196 cm³/mol. The first kappa shape index (κ1) is 35.5. The second-order valence-electron chi connectivity index (χ2n) is 13.8. The number of piperazine rings is 1. The number of carbonyl (C=O) groups is 3. The SMILES string of the molecule is COC(=O)NC(C(=O)N1CCC[C@H]1c1ncc(-c2ccc(-c3ccc(NC(=O)c4ccc(N5CC(C)NC[C@@H]5C)nc4)c(C)n3)cc2)[nH]1)C(C)C. The maximum atomic E-state index is 13.5. The molecular weight excluding hydrogens is 646 g/mol. The number of rotatable bonds is 9. The minimum absolute atomic E-state index is 0.103. The Morgan fingerprint density at radius 1 is 0.980 bits per heavy atom. The number of benzene rings is 1. The molecule has 0 aliphatic carbocycles. The fourth-order valence-corrected chi connectivity index (χ4v) is 6.75. The van der Waals surface area contributed by atoms with Crippen LogP contribution >= 0.6 is 0 Å². The maximum Gasteiger partial charge on any atom is 0.407 e. The molecule has 4 N–H and O–H groups in total. The molecule has 2 saturated heterocycles. The minimum Gasteiger partial charge on any atom is -0.453 e. The summed E-state index contributed by atoms with van der Waals surface area (Å²) < 4.78 is 4.74. The van der Waals surface area contributed by atoms with E-state index in [2.05, 4.69) is 49.6 Å². The van der Waals surface area contributed by atoms with Gasteiger partial charge in [0.05, 0.1) is 47.7 Å². The Morgan fingerprint density at radius 3 is 2.43 bits per heavy atom. The summed E-state index contributed by atoms with van der Waals surface area (Å²) in [4.78, 5) is 60.0. The van der Waals surface area contributed by atoms with E-state index in [1.165, 1.54) is 7.11 Å². The third-order valence-electron chi connectivity index (χ3n) is 9.73. The van der Waals surface area contributed by atoms with Gasteiger partial charge in [0, 0.05) is 43.5 Å². The lowest BCUT2D eigenvalue weighted by atomic mass is 10.0. The number of nitrogens with one attached hydrogen (secondary N) is 4. The van der Waals surface area contributed by atoms with Gasteiger partial charge in [0.15, 0.2) is 0 Å². The van der Waals surface area contributed by atoms with Crippen molar-refractivity contribution in [2.45, 2.75) is 71.6 Å². The number of likely N-dealkylation sites (tertiary alicyclic amines) is 1. The molecule has 4 atom stereocenters. The number of aryl methyl sites for hydroxylation is 1. The van der Waals surface area contributed by atoms with Crippen molar-refractivity contribution in [1.82, 2.24) is 35.5 Å². The van der Waals surface area contributed by atoms with Crippen molar-refractivity contribution >= 4 is 29.4 Å². The van der Waals surface area contributed by atoms with E-state index in [4.69, 9.17) is 9.72 Å². The van der Waals surface area contributed by atoms with E-state index in [0.717, 1.165) is 54.3 Å². The van der Waals surface area contributed by atoms with Gasteiger partial charge in [0.2, 0.25) is 5.91 Å². The summed E-state index contributed by atoms with van der Waals surface area (Å²) in [6.45, 7) is 12.3. The number of anilines is 2. The lowest BCUT2D eigenvalue weighted by Crippen LogP contribution is -2.54. The van der Waals surface area contributed by atoms with Gasteiger partial charge in [0.1, 0.15) is 17.7 Å². The number of imidazole rings is 1. The highest BCUT2D eigenvalue weighted by Gasteiger charge is 2.37. The zero-order valence-corrected chi connectivity index (χ0v) is 30.1. The van der Waals surface area contributed by atoms with Crippen molar-refractivity contribution in [3.05, 3.63) is 78.0 Å². The summed E-state index contributed by atoms with van der Waals surface area (Å²) in [5.74, 6) is 1.10. The van der Waals surface area contributed by atoms with Gasteiger partial charge in [-0.2, -0.15) is 0 Å². The smallest absolute Gasteiger partial charge is 0.407 e. The summed E-state index contributed by atoms with van der Waals surface area (Å²) in [6, 6.07) is 15.3. The third kappa shape index (κ3) is 7.88. The molecule has 268 valence electrons. The minimum atomic E-state index is -0.687. The third-order valence-corrected chi connectivity index (χ3v) is 9.73. The molecule has 0 bridgehead atoms. The number of nitrogens with zero attached hydrogens (tertiary/aromatic N) is 5. The molecule has 0 saturated carbocycles. The summed E-state index contributed by atoms with van der Waals surface area (Å²) in [5, 5.41) is 9.15. The average molecular weight is 694 g/mol. The normalized spacial score (nSPS) is 19.5. The topological polar surface area (TPSA) is 157 Å². The number of H-pyrrole nitrogens is 1. The molecule has 51 heavy (non-hydrogen) atoms. The van der Waals surface area contributed by atoms with E-state index in [-0.39, 0.29) is 23.8 Å². The molecule has 0 radical (unpaired) electrons. The highest BCUT2D eigenvalue weighted by Crippen LogP contribution is 2.33. The lowest BCUT2D eigenvalue weighted by molar-refractivity contribution is -0.135. The van der Waals surface area contributed by atoms with Crippen LogP contribution < -0.4 is 20.9 Å². The molecule has 2 aliphatic rings. The zero-order chi connectivity index (χ0) is 36.2. The van der Waals surface area contributed by atoms with Crippen LogP contribution in [0.25, 0.3) is 22.5 Å². The predicted octanol–water partition coefficient (Wildman–Crippen LogP) is 5.33. The summed E-state index contributed by atoms with van der Waals surface area (Å²) in [7, 11) is 1.29. The van der Waals surface area contributed by atoms with E-state index in [1.54, 1.807) is 17.3 Å². The van der Waals surface area contributed by atoms with Gasteiger partial charge in [0.25, 0.3) is 5.91 Å². The number of methoxy groups -OCH3 is 1. The molecule has 3 amide bonds. The number of pyridine rings is 2. The molecule has 2 unspecified atom stereocenters. The molecule has 13 heteroatoms. The van der Waals surface area contributed by atoms with E-state index in [0.29, 0.717) is 41.4 Å². The van der Waals surface area contributed by atoms with Crippen LogP contribution in [0.1, 0.15) is 68.5 Å². The number of hydrogen-bond acceptors (Lipinski definition) is 9. The highest BCUT2D eigenvalue weighted by atomic mass is 16.5. The van der Waals surface area contributed by atoms with Crippen LogP contribution in [0.15, 0.2) is 60.9 Å². The van der Waals surface area contributed by atoms with E-state index < -0.39 is 12.1 Å². The van der Waals surface area contributed by atoms with Crippen molar-refractivity contribution in [3.8, 4) is 22.5 Å². The second kappa shape index (κ2) is 15.3. The van der Waals surface area contributed by atoms with Crippen LogP contribution in [0.5, 0.6) is 0 Å². The number of aromatic nitrogens is 4. The lowest BCUT2D eigenvalue weighted by Gasteiger charge is -2.38. The van der Waals surface area contributed by atoms with E-state index in [1.807, 2.05) is 69.3 Å². The van der Waals surface area contributed by atoms with Gasteiger partial charge in [-0.1, -0.05) is 38.1 Å². The van der Waals surface area contributed by atoms with E-state index in [9.17, 15) is 14.4 Å². The van der Waals surface area contributed by atoms with Crippen LogP contribution in [-0.4, -0.2) is 87.6 Å². The highest BCUT2D eigenvalue weighted by molar-refractivity contribution is 6.04. The molecule has 1 aromatic carbocycles. The number of carbonyl (C=O) groups excluding carboxylic acids is 3. The maximum absolute atomic E-state index is 13.5. The summed E-state index contributed by atoms with van der Waals surface area (Å²) in [6.07, 6.45) is 4.41. The van der Waals surface area contributed by atoms with Crippen LogP contribution in [0, 0.1) is 12.8 Å². The largest absolute Gasteiger partial charge is 0.453 e. The first-order chi connectivity index (χ1) is 24.5. The second-order valence-corrected chi connectivity index (χ2v) is 13.8. The number of ether oxygens (including phenoxy) is 1. The van der Waals surface area contributed by atoms with Gasteiger partial charge in [-0.25, -0.2) is 14.8 Å². The Labute approximate surface area is 298 Å². The molecule has 4 aromatic rings. The monoisotopic (exact) mass is 693 g/mol. The zero-order valence-electron chi connectivity index (χ0n) is 30.1. The Hall–Kier alpha value is -5.30. The average Bonchev–Trinajstić information content (AvgIpc) is 3.83. The van der Waals surface area contributed by atoms with Crippen molar-refractivity contribution < 1.29 is 19.1 Å². The Balaban J connectivity index is 1.09. The van der Waals surface area contributed by atoms with Gasteiger partial charge in [-0.15, -0.1) is 0 Å². The molecular formula is C38H47N9O4. The van der Waals surface area contributed by atoms with Crippen molar-refractivity contribution in [2.24, 2.45) is 5.92 Å². The number of alkyl carbamates (subject to hydrolysis) is 1. The Bertz CT molecular complexity index is 1860. The molecule has 2 aliphatic heterocycles. The van der Waals surface area contributed by atoms with Gasteiger partial charge in [-0.05, 0) is 69.4 Å². The van der Waals surface area contributed by atoms with Crippen LogP contribution in [0.4, 0.5) is 16.3 Å². The molecule has 2 fully saturated rings. The molecule has 6 rings (SSSR count). The molecule has 5 heterocycles. The van der Waals surface area contributed by atoms with Crippen molar-refractivity contribution in [1.29, 1.82) is 0 Å². The summed E-state index contributed by atoms with van der Waals surface area (Å²) >= 11 is 0. The van der Waals surface area contributed by atoms with Gasteiger partial charge < -0.3 is 35.5 Å². The van der Waals surface area contributed by atoms with Gasteiger partial charge in [-0.3, -0.25) is 14.6 Å². The number of hydrogen-bond donors (Lipinski definition) is 4. The Morgan fingerprint density at radius 2 is 1.75 bits per heavy atom.